The summed E-state index contributed by atoms with van der Waals surface area (Å²) in [5.41, 5.74) is 0.696. The minimum Gasteiger partial charge on any atom is -0.476 e. The minimum atomic E-state index is -1.01. The summed E-state index contributed by atoms with van der Waals surface area (Å²) in [6.07, 6.45) is 1.48. The van der Waals surface area contributed by atoms with E-state index in [9.17, 15) is 4.79 Å². The molecular formula is C12H18N2O2. The molecule has 0 fully saturated rings. The lowest BCUT2D eigenvalue weighted by Gasteiger charge is -2.29. The molecule has 0 saturated carbocycles. The Morgan fingerprint density at radius 1 is 1.50 bits per heavy atom. The summed E-state index contributed by atoms with van der Waals surface area (Å²) in [6, 6.07) is 3.62. The number of carbonyl (C=O) groups is 1. The number of nitrogens with one attached hydrogen (secondary N) is 1. The maximum atomic E-state index is 11.0. The second-order valence-corrected chi connectivity index (χ2v) is 4.94. The molecule has 88 valence electrons. The number of hydrogen-bond donors (Lipinski definition) is 2. The number of aromatic carboxylic acids is 1. The molecule has 0 bridgehead atoms. The second-order valence-electron chi connectivity index (χ2n) is 4.94. The fourth-order valence-electron chi connectivity index (χ4n) is 1.14. The number of hydrogen-bond acceptors (Lipinski definition) is 3. The van der Waals surface area contributed by atoms with E-state index in [1.165, 1.54) is 6.20 Å². The lowest BCUT2D eigenvalue weighted by Crippen LogP contribution is -2.31. The molecule has 1 heterocycles. The Hall–Kier alpha value is -1.58. The average Bonchev–Trinajstić information content (AvgIpc) is 2.16. The van der Waals surface area contributed by atoms with Crippen molar-refractivity contribution in [3.63, 3.8) is 0 Å². The van der Waals surface area contributed by atoms with Gasteiger partial charge in [-0.3, -0.25) is 0 Å². The van der Waals surface area contributed by atoms with E-state index in [1.54, 1.807) is 12.1 Å². The highest BCUT2D eigenvalue weighted by Crippen LogP contribution is 2.23. The van der Waals surface area contributed by atoms with Crippen molar-refractivity contribution in [1.82, 2.24) is 4.98 Å². The van der Waals surface area contributed by atoms with Gasteiger partial charge in [-0.05, 0) is 24.5 Å². The summed E-state index contributed by atoms with van der Waals surface area (Å²) in [4.78, 5) is 14.8. The van der Waals surface area contributed by atoms with Gasteiger partial charge in [0.2, 0.25) is 0 Å². The van der Waals surface area contributed by atoms with Gasteiger partial charge in [0, 0.05) is 12.2 Å². The molecule has 0 aromatic carbocycles. The monoisotopic (exact) mass is 222 g/mol. The van der Waals surface area contributed by atoms with Gasteiger partial charge in [-0.1, -0.05) is 20.8 Å². The largest absolute Gasteiger partial charge is 0.476 e. The zero-order valence-corrected chi connectivity index (χ0v) is 10.1. The first kappa shape index (κ1) is 12.5. The Labute approximate surface area is 95.7 Å². The van der Waals surface area contributed by atoms with E-state index >= 15 is 0 Å². The summed E-state index contributed by atoms with van der Waals surface area (Å²) in [7, 11) is 0. The van der Waals surface area contributed by atoms with Crippen LogP contribution in [0.25, 0.3) is 0 Å². The lowest BCUT2D eigenvalue weighted by atomic mass is 9.88. The number of aromatic nitrogens is 1. The van der Waals surface area contributed by atoms with Crippen molar-refractivity contribution >= 4 is 11.7 Å². The second kappa shape index (κ2) is 4.51. The zero-order chi connectivity index (χ0) is 12.3. The van der Waals surface area contributed by atoms with Crippen molar-refractivity contribution in [2.75, 3.05) is 5.32 Å². The van der Waals surface area contributed by atoms with E-state index in [0.717, 1.165) is 0 Å². The first-order valence-electron chi connectivity index (χ1n) is 5.27. The molecule has 0 saturated heterocycles. The summed E-state index contributed by atoms with van der Waals surface area (Å²) in [6.45, 7) is 8.32. The molecule has 1 rings (SSSR count). The highest BCUT2D eigenvalue weighted by molar-refractivity contribution is 5.91. The normalized spacial score (nSPS) is 13.2. The summed E-state index contributed by atoms with van der Waals surface area (Å²) in [5.74, 6) is -1.01. The summed E-state index contributed by atoms with van der Waals surface area (Å²) >= 11 is 0. The fourth-order valence-corrected chi connectivity index (χ4v) is 1.14. The molecule has 2 N–H and O–H groups in total. The molecule has 0 radical (unpaired) electrons. The van der Waals surface area contributed by atoms with Crippen molar-refractivity contribution < 1.29 is 9.90 Å². The first-order valence-corrected chi connectivity index (χ1v) is 5.27. The Balaban J connectivity index is 2.93. The van der Waals surface area contributed by atoms with E-state index < -0.39 is 5.97 Å². The van der Waals surface area contributed by atoms with E-state index in [0.29, 0.717) is 5.69 Å². The Bertz CT molecular complexity index is 383. The number of carboxylic acids is 1. The van der Waals surface area contributed by atoms with Crippen LogP contribution in [-0.2, 0) is 0 Å². The zero-order valence-electron chi connectivity index (χ0n) is 10.1. The molecule has 4 nitrogen and oxygen atoms in total. The topological polar surface area (TPSA) is 62.2 Å². The molecule has 1 unspecified atom stereocenters. The van der Waals surface area contributed by atoms with Crippen molar-refractivity contribution in [1.29, 1.82) is 0 Å². The van der Waals surface area contributed by atoms with E-state index in [2.05, 4.69) is 31.1 Å². The molecule has 0 aliphatic rings. The van der Waals surface area contributed by atoms with Crippen LogP contribution >= 0.6 is 0 Å². The van der Waals surface area contributed by atoms with Gasteiger partial charge in [-0.15, -0.1) is 0 Å². The molecule has 1 aromatic rings. The third-order valence-corrected chi connectivity index (χ3v) is 2.68. The number of pyridine rings is 1. The molecule has 1 aromatic heterocycles. The Morgan fingerprint density at radius 2 is 2.12 bits per heavy atom. The highest BCUT2D eigenvalue weighted by Gasteiger charge is 2.21. The fraction of sp³-hybridized carbons (Fsp3) is 0.500. The van der Waals surface area contributed by atoms with Crippen LogP contribution in [0.1, 0.15) is 38.2 Å². The van der Waals surface area contributed by atoms with Crippen molar-refractivity contribution in [2.24, 2.45) is 5.41 Å². The molecule has 16 heavy (non-hydrogen) atoms. The molecule has 0 amide bonds. The highest BCUT2D eigenvalue weighted by atomic mass is 16.4. The quantitative estimate of drug-likeness (QED) is 0.825. The van der Waals surface area contributed by atoms with E-state index in [-0.39, 0.29) is 17.2 Å². The van der Waals surface area contributed by atoms with Gasteiger partial charge in [0.25, 0.3) is 0 Å². The molecule has 4 heteroatoms. The van der Waals surface area contributed by atoms with Gasteiger partial charge in [-0.2, -0.15) is 0 Å². The van der Waals surface area contributed by atoms with Crippen LogP contribution in [0.3, 0.4) is 0 Å². The number of rotatable bonds is 3. The summed E-state index contributed by atoms with van der Waals surface area (Å²) in [5, 5.41) is 12.2. The van der Waals surface area contributed by atoms with Gasteiger partial charge in [0.15, 0.2) is 5.69 Å². The van der Waals surface area contributed by atoms with Gasteiger partial charge < -0.3 is 10.4 Å². The maximum absolute atomic E-state index is 11.0. The van der Waals surface area contributed by atoms with Crippen LogP contribution in [0.15, 0.2) is 18.3 Å². The van der Waals surface area contributed by atoms with Crippen LogP contribution < -0.4 is 5.32 Å². The molecular weight excluding hydrogens is 204 g/mol. The van der Waals surface area contributed by atoms with Gasteiger partial charge in [0.1, 0.15) is 0 Å². The first-order chi connectivity index (χ1) is 7.32. The van der Waals surface area contributed by atoms with Gasteiger partial charge >= 0.3 is 5.97 Å². The van der Waals surface area contributed by atoms with Crippen LogP contribution in [0.4, 0.5) is 5.69 Å². The number of nitrogens with zero attached hydrogens (tertiary/aromatic N) is 1. The Kier molecular flexibility index (Phi) is 3.52. The number of carboxylic acid groups (broad SMARTS) is 1. The standard InChI is InChI=1S/C12H18N2O2/c1-8(12(2,3)4)14-9-6-5-7-13-10(9)11(15)16/h5-8,14H,1-4H3,(H,15,16). The Morgan fingerprint density at radius 3 is 2.62 bits per heavy atom. The average molecular weight is 222 g/mol. The number of anilines is 1. The molecule has 0 aliphatic carbocycles. The molecule has 0 aliphatic heterocycles. The van der Waals surface area contributed by atoms with Gasteiger partial charge in [-0.25, -0.2) is 9.78 Å². The molecule has 0 spiro atoms. The predicted octanol–water partition coefficient (Wildman–Crippen LogP) is 2.63. The summed E-state index contributed by atoms with van der Waals surface area (Å²) < 4.78 is 0. The van der Waals surface area contributed by atoms with Crippen LogP contribution in [0.2, 0.25) is 0 Å². The third-order valence-electron chi connectivity index (χ3n) is 2.68. The lowest BCUT2D eigenvalue weighted by molar-refractivity contribution is 0.0691. The van der Waals surface area contributed by atoms with E-state index in [1.807, 2.05) is 6.92 Å². The van der Waals surface area contributed by atoms with Gasteiger partial charge in [0.05, 0.1) is 5.69 Å². The third kappa shape index (κ3) is 2.95. The van der Waals surface area contributed by atoms with Crippen molar-refractivity contribution in [3.8, 4) is 0 Å². The SMILES string of the molecule is CC(Nc1cccnc1C(=O)O)C(C)(C)C. The van der Waals surface area contributed by atoms with Crippen LogP contribution in [0, 0.1) is 5.41 Å². The van der Waals surface area contributed by atoms with Crippen molar-refractivity contribution in [3.05, 3.63) is 24.0 Å². The van der Waals surface area contributed by atoms with Crippen molar-refractivity contribution in [2.45, 2.75) is 33.7 Å². The van der Waals surface area contributed by atoms with E-state index in [4.69, 9.17) is 5.11 Å². The smallest absolute Gasteiger partial charge is 0.356 e. The predicted molar refractivity (Wildman–Crippen MR) is 63.7 cm³/mol. The molecule has 1 atom stereocenters. The van der Waals surface area contributed by atoms with Crippen LogP contribution in [-0.4, -0.2) is 22.1 Å². The maximum Gasteiger partial charge on any atom is 0.356 e. The minimum absolute atomic E-state index is 0.0611. The van der Waals surface area contributed by atoms with Crippen LogP contribution in [0.5, 0.6) is 0 Å².